The second-order valence-corrected chi connectivity index (χ2v) is 3.69. The first-order valence-electron chi connectivity index (χ1n) is 3.21. The Bertz CT molecular complexity index is 289. The highest BCUT2D eigenvalue weighted by Crippen LogP contribution is 2.08. The van der Waals surface area contributed by atoms with Crippen molar-refractivity contribution in [2.24, 2.45) is 4.99 Å². The molecule has 0 aromatic heterocycles. The van der Waals surface area contributed by atoms with E-state index in [-0.39, 0.29) is 6.61 Å². The van der Waals surface area contributed by atoms with Crippen LogP contribution in [0.2, 0.25) is 0 Å². The molecule has 1 aliphatic heterocycles. The molecule has 5 heteroatoms. The molecule has 0 N–H and O–H groups in total. The van der Waals surface area contributed by atoms with Crippen LogP contribution in [0.5, 0.6) is 0 Å². The summed E-state index contributed by atoms with van der Waals surface area (Å²) >= 11 is 0. The van der Waals surface area contributed by atoms with E-state index in [1.807, 2.05) is 6.92 Å². The summed E-state index contributed by atoms with van der Waals surface area (Å²) in [6, 6.07) is 0. The molecule has 0 radical (unpaired) electrons. The van der Waals surface area contributed by atoms with Gasteiger partial charge in [0.15, 0.2) is 0 Å². The summed E-state index contributed by atoms with van der Waals surface area (Å²) in [6.07, 6.45) is 0. The quantitative estimate of drug-likeness (QED) is 0.620. The van der Waals surface area contributed by atoms with E-state index in [0.29, 0.717) is 12.3 Å². The largest absolute Gasteiger partial charge is 0.375 e. The van der Waals surface area contributed by atoms with Crippen LogP contribution in [0.1, 0.15) is 6.92 Å². The van der Waals surface area contributed by atoms with Crippen molar-refractivity contribution in [3.05, 3.63) is 11.1 Å². The van der Waals surface area contributed by atoms with Gasteiger partial charge in [-0.25, -0.2) is 13.4 Å². The van der Waals surface area contributed by atoms with Crippen LogP contribution in [0.4, 0.5) is 0 Å². The SMILES string of the molecule is CCOCC1=CS(=O)(=O)C=N1. The topological polar surface area (TPSA) is 55.7 Å². The first-order valence-corrected chi connectivity index (χ1v) is 4.82. The third kappa shape index (κ3) is 2.44. The summed E-state index contributed by atoms with van der Waals surface area (Å²) in [4.78, 5) is 3.65. The lowest BCUT2D eigenvalue weighted by atomic mass is 10.5. The Balaban J connectivity index is 2.59. The second kappa shape index (κ2) is 3.15. The standard InChI is InChI=1S/C6H9NO3S/c1-2-10-3-6-4-11(8,9)5-7-6/h4-5H,2-3H2,1H3. The average Bonchev–Trinajstić information content (AvgIpc) is 2.26. The van der Waals surface area contributed by atoms with Crippen LogP contribution < -0.4 is 0 Å². The maximum atomic E-state index is 10.7. The van der Waals surface area contributed by atoms with Crippen molar-refractivity contribution in [3.8, 4) is 0 Å². The lowest BCUT2D eigenvalue weighted by Crippen LogP contribution is -1.94. The van der Waals surface area contributed by atoms with Gasteiger partial charge in [0, 0.05) is 6.61 Å². The van der Waals surface area contributed by atoms with Gasteiger partial charge in [-0.05, 0) is 6.92 Å². The summed E-state index contributed by atoms with van der Waals surface area (Å²) in [5.74, 6) is 0. The van der Waals surface area contributed by atoms with Gasteiger partial charge in [0.1, 0.15) is 5.55 Å². The molecule has 62 valence electrons. The van der Waals surface area contributed by atoms with Crippen LogP contribution >= 0.6 is 0 Å². The molecular weight excluding hydrogens is 166 g/mol. The van der Waals surface area contributed by atoms with Crippen LogP contribution in [-0.2, 0) is 14.6 Å². The Morgan fingerprint density at radius 2 is 2.36 bits per heavy atom. The highest BCUT2D eigenvalue weighted by molar-refractivity contribution is 8.07. The first kappa shape index (κ1) is 8.42. The number of nitrogens with zero attached hydrogens (tertiary/aromatic N) is 1. The summed E-state index contributed by atoms with van der Waals surface area (Å²) < 4.78 is 26.4. The van der Waals surface area contributed by atoms with Gasteiger partial charge in [-0.2, -0.15) is 0 Å². The third-order valence-electron chi connectivity index (χ3n) is 1.12. The number of rotatable bonds is 3. The molecule has 0 amide bonds. The minimum Gasteiger partial charge on any atom is -0.375 e. The molecule has 0 aliphatic carbocycles. The van der Waals surface area contributed by atoms with E-state index >= 15 is 0 Å². The maximum Gasteiger partial charge on any atom is 0.212 e. The maximum absolute atomic E-state index is 10.7. The van der Waals surface area contributed by atoms with E-state index in [0.717, 1.165) is 11.0 Å². The summed E-state index contributed by atoms with van der Waals surface area (Å²) in [5, 5.41) is 1.11. The van der Waals surface area contributed by atoms with E-state index in [1.54, 1.807) is 0 Å². The predicted molar refractivity (Wildman–Crippen MR) is 42.0 cm³/mol. The second-order valence-electron chi connectivity index (χ2n) is 2.07. The van der Waals surface area contributed by atoms with Crippen molar-refractivity contribution >= 4 is 15.4 Å². The van der Waals surface area contributed by atoms with Gasteiger partial charge in [-0.1, -0.05) is 0 Å². The molecule has 1 rings (SSSR count). The fourth-order valence-electron chi connectivity index (χ4n) is 0.670. The number of hydrogen-bond acceptors (Lipinski definition) is 4. The monoisotopic (exact) mass is 175 g/mol. The van der Waals surface area contributed by atoms with Crippen molar-refractivity contribution in [2.75, 3.05) is 13.2 Å². The fourth-order valence-corrected chi connectivity index (χ4v) is 1.52. The van der Waals surface area contributed by atoms with Gasteiger partial charge in [0.05, 0.1) is 17.7 Å². The molecule has 0 atom stereocenters. The fraction of sp³-hybridized carbons (Fsp3) is 0.500. The Morgan fingerprint density at radius 1 is 1.64 bits per heavy atom. The van der Waals surface area contributed by atoms with Gasteiger partial charge in [-0.3, -0.25) is 0 Å². The van der Waals surface area contributed by atoms with Gasteiger partial charge in [-0.15, -0.1) is 0 Å². The molecule has 0 unspecified atom stereocenters. The predicted octanol–water partition coefficient (Wildman–Crippen LogP) is 0.321. The Labute approximate surface area is 65.5 Å². The summed E-state index contributed by atoms with van der Waals surface area (Å²) in [7, 11) is -3.16. The molecule has 0 bridgehead atoms. The molecule has 0 aromatic carbocycles. The molecule has 0 aromatic rings. The summed E-state index contributed by atoms with van der Waals surface area (Å²) in [6.45, 7) is 2.67. The van der Waals surface area contributed by atoms with E-state index in [4.69, 9.17) is 4.74 Å². The zero-order chi connectivity index (χ0) is 8.32. The Kier molecular flexibility index (Phi) is 2.41. The molecule has 0 fully saturated rings. The lowest BCUT2D eigenvalue weighted by molar-refractivity contribution is 0.170. The Hall–Kier alpha value is -0.680. The third-order valence-corrected chi connectivity index (χ3v) is 2.12. The zero-order valence-corrected chi connectivity index (χ0v) is 6.97. The van der Waals surface area contributed by atoms with Crippen LogP contribution in [0.15, 0.2) is 16.1 Å². The average molecular weight is 175 g/mol. The van der Waals surface area contributed by atoms with Crippen LogP contribution in [-0.4, -0.2) is 27.2 Å². The number of aliphatic imine (C=N–C) groups is 1. The van der Waals surface area contributed by atoms with Crippen molar-refractivity contribution in [3.63, 3.8) is 0 Å². The molecule has 1 heterocycles. The van der Waals surface area contributed by atoms with Gasteiger partial charge < -0.3 is 4.74 Å². The van der Waals surface area contributed by atoms with E-state index in [2.05, 4.69) is 4.99 Å². The van der Waals surface area contributed by atoms with Gasteiger partial charge >= 0.3 is 0 Å². The minimum absolute atomic E-state index is 0.270. The van der Waals surface area contributed by atoms with E-state index < -0.39 is 9.84 Å². The highest BCUT2D eigenvalue weighted by Gasteiger charge is 2.11. The van der Waals surface area contributed by atoms with Gasteiger partial charge in [0.25, 0.3) is 0 Å². The van der Waals surface area contributed by atoms with E-state index in [1.165, 1.54) is 0 Å². The van der Waals surface area contributed by atoms with E-state index in [9.17, 15) is 8.42 Å². The molecule has 11 heavy (non-hydrogen) atoms. The molecule has 0 spiro atoms. The minimum atomic E-state index is -3.16. The molecular formula is C6H9NO3S. The smallest absolute Gasteiger partial charge is 0.212 e. The van der Waals surface area contributed by atoms with Crippen LogP contribution in [0.25, 0.3) is 0 Å². The molecule has 1 aliphatic rings. The van der Waals surface area contributed by atoms with Crippen molar-refractivity contribution in [1.82, 2.24) is 0 Å². The zero-order valence-electron chi connectivity index (χ0n) is 6.15. The normalized spacial score (nSPS) is 20.3. The van der Waals surface area contributed by atoms with Crippen molar-refractivity contribution in [1.29, 1.82) is 0 Å². The number of sulfone groups is 1. The first-order chi connectivity index (χ1) is 5.14. The Morgan fingerprint density at radius 3 is 2.82 bits per heavy atom. The van der Waals surface area contributed by atoms with Gasteiger partial charge in [0.2, 0.25) is 9.84 Å². The molecule has 0 saturated heterocycles. The number of hydrogen-bond donors (Lipinski definition) is 0. The molecule has 0 saturated carbocycles. The lowest BCUT2D eigenvalue weighted by Gasteiger charge is -1.95. The van der Waals surface area contributed by atoms with Crippen molar-refractivity contribution < 1.29 is 13.2 Å². The molecule has 4 nitrogen and oxygen atoms in total. The van der Waals surface area contributed by atoms with Crippen molar-refractivity contribution in [2.45, 2.75) is 6.92 Å². The highest BCUT2D eigenvalue weighted by atomic mass is 32.2. The van der Waals surface area contributed by atoms with Crippen LogP contribution in [0, 0.1) is 0 Å². The van der Waals surface area contributed by atoms with Crippen LogP contribution in [0.3, 0.4) is 0 Å². The summed E-state index contributed by atoms with van der Waals surface area (Å²) in [5.41, 5.74) is 1.40. The number of ether oxygens (including phenoxy) is 1.